The summed E-state index contributed by atoms with van der Waals surface area (Å²) in [6, 6.07) is 11.0. The number of benzene rings is 1. The van der Waals surface area contributed by atoms with Crippen LogP contribution in [0.15, 0.2) is 42.6 Å². The minimum atomic E-state index is 0.499. The Labute approximate surface area is 73.3 Å². The highest BCUT2D eigenvalue weighted by atomic mass is 15.3. The summed E-state index contributed by atoms with van der Waals surface area (Å²) in [7, 11) is 0. The lowest BCUT2D eigenvalue weighted by Crippen LogP contribution is -2.03. The number of nitrogens with zero attached hydrogens (tertiary/aromatic N) is 1. The van der Waals surface area contributed by atoms with Crippen molar-refractivity contribution in [2.45, 2.75) is 13.0 Å². The van der Waals surface area contributed by atoms with E-state index < -0.39 is 0 Å². The summed E-state index contributed by atoms with van der Waals surface area (Å²) in [5.41, 5.74) is 2.63. The third-order valence-electron chi connectivity index (χ3n) is 2.41. The second-order valence-corrected chi connectivity index (χ2v) is 3.28. The molecule has 0 amide bonds. The van der Waals surface area contributed by atoms with Crippen molar-refractivity contribution in [3.63, 3.8) is 0 Å². The first-order valence-electron chi connectivity index (χ1n) is 4.28. The zero-order chi connectivity index (χ0) is 8.55. The molecule has 0 bridgehead atoms. The fourth-order valence-corrected chi connectivity index (χ4v) is 1.48. The molecule has 62 valence electrons. The quantitative estimate of drug-likeness (QED) is 0.599. The van der Waals surface area contributed by atoms with Crippen LogP contribution < -0.4 is 0 Å². The third kappa shape index (κ3) is 1.22. The molecule has 1 aromatic carbocycles. The van der Waals surface area contributed by atoms with E-state index in [9.17, 15) is 0 Å². The Morgan fingerprint density at radius 1 is 1.33 bits per heavy atom. The highest BCUT2D eigenvalue weighted by molar-refractivity contribution is 5.25. The van der Waals surface area contributed by atoms with E-state index in [4.69, 9.17) is 0 Å². The number of hydrogen-bond acceptors (Lipinski definition) is 1. The van der Waals surface area contributed by atoms with Gasteiger partial charge >= 0.3 is 0 Å². The smallest absolute Gasteiger partial charge is 0.0576 e. The van der Waals surface area contributed by atoms with Crippen LogP contribution in [0.2, 0.25) is 0 Å². The highest BCUT2D eigenvalue weighted by Gasteiger charge is 2.28. The Morgan fingerprint density at radius 2 is 1.92 bits per heavy atom. The third-order valence-corrected chi connectivity index (χ3v) is 2.41. The molecular formula is C11H13N. The summed E-state index contributed by atoms with van der Waals surface area (Å²) in [6.45, 7) is 7.20. The Balaban J connectivity index is 2.15. The topological polar surface area (TPSA) is 3.01 Å². The first-order chi connectivity index (χ1) is 5.79. The van der Waals surface area contributed by atoms with E-state index in [2.05, 4.69) is 42.7 Å². The van der Waals surface area contributed by atoms with E-state index >= 15 is 0 Å². The number of hydrogen-bond donors (Lipinski definition) is 0. The maximum atomic E-state index is 3.92. The lowest BCUT2D eigenvalue weighted by Gasteiger charge is -2.12. The Hall–Kier alpha value is -1.24. The molecule has 12 heavy (non-hydrogen) atoms. The van der Waals surface area contributed by atoms with Gasteiger partial charge in [0.2, 0.25) is 0 Å². The van der Waals surface area contributed by atoms with Gasteiger partial charge < -0.3 is 4.90 Å². The summed E-state index contributed by atoms with van der Waals surface area (Å²) in [5, 5.41) is 0. The van der Waals surface area contributed by atoms with Crippen molar-refractivity contribution in [1.82, 2.24) is 4.90 Å². The lowest BCUT2D eigenvalue weighted by atomic mass is 10.1. The van der Waals surface area contributed by atoms with Crippen LogP contribution in [0.4, 0.5) is 0 Å². The molecule has 0 aliphatic carbocycles. The van der Waals surface area contributed by atoms with E-state index in [1.807, 2.05) is 6.07 Å². The van der Waals surface area contributed by atoms with Gasteiger partial charge in [0.05, 0.1) is 12.6 Å². The van der Waals surface area contributed by atoms with Gasteiger partial charge in [0.1, 0.15) is 0 Å². The molecule has 1 heteroatoms. The summed E-state index contributed by atoms with van der Waals surface area (Å²) >= 11 is 0. The van der Waals surface area contributed by atoms with E-state index in [-0.39, 0.29) is 0 Å². The monoisotopic (exact) mass is 159 g/mol. The molecule has 0 saturated carbocycles. The molecule has 1 aliphatic rings. The second kappa shape index (κ2) is 2.67. The molecule has 1 fully saturated rings. The van der Waals surface area contributed by atoms with Gasteiger partial charge in [0.25, 0.3) is 0 Å². The zero-order valence-electron chi connectivity index (χ0n) is 7.33. The fraction of sp³-hybridized carbons (Fsp3) is 0.273. The molecule has 1 aromatic rings. The van der Waals surface area contributed by atoms with E-state index in [0.717, 1.165) is 6.54 Å². The average molecular weight is 159 g/mol. The van der Waals surface area contributed by atoms with Gasteiger partial charge in [-0.2, -0.15) is 0 Å². The molecule has 1 heterocycles. The van der Waals surface area contributed by atoms with Crippen molar-refractivity contribution in [2.75, 3.05) is 6.54 Å². The van der Waals surface area contributed by atoms with Gasteiger partial charge in [-0.15, -0.1) is 0 Å². The molecule has 1 atom stereocenters. The second-order valence-electron chi connectivity index (χ2n) is 3.28. The van der Waals surface area contributed by atoms with Gasteiger partial charge in [0.15, 0.2) is 0 Å². The van der Waals surface area contributed by atoms with E-state index in [1.54, 1.807) is 0 Å². The predicted octanol–water partition coefficient (Wildman–Crippen LogP) is 2.58. The molecule has 1 saturated heterocycles. The van der Waals surface area contributed by atoms with Crippen molar-refractivity contribution in [2.24, 2.45) is 0 Å². The van der Waals surface area contributed by atoms with E-state index in [1.165, 1.54) is 11.3 Å². The van der Waals surface area contributed by atoms with Gasteiger partial charge in [-0.05, 0) is 12.5 Å². The SMILES string of the molecule is C=C1CN1C(C)c1ccccc1. The van der Waals surface area contributed by atoms with Crippen molar-refractivity contribution in [1.29, 1.82) is 0 Å². The molecule has 0 aromatic heterocycles. The van der Waals surface area contributed by atoms with Crippen LogP contribution in [0.1, 0.15) is 18.5 Å². The van der Waals surface area contributed by atoms with Crippen molar-refractivity contribution in [3.05, 3.63) is 48.2 Å². The van der Waals surface area contributed by atoms with Crippen LogP contribution in [0.25, 0.3) is 0 Å². The molecule has 0 spiro atoms. The standard InChI is InChI=1S/C11H13N/c1-9-8-12(9)10(2)11-6-4-3-5-7-11/h3-7,10H,1,8H2,2H3. The van der Waals surface area contributed by atoms with Gasteiger partial charge in [-0.3, -0.25) is 0 Å². The van der Waals surface area contributed by atoms with Crippen molar-refractivity contribution in [3.8, 4) is 0 Å². The van der Waals surface area contributed by atoms with Crippen LogP contribution in [0.5, 0.6) is 0 Å². The van der Waals surface area contributed by atoms with Gasteiger partial charge in [-0.25, -0.2) is 0 Å². The summed E-state index contributed by atoms with van der Waals surface area (Å²) in [5.74, 6) is 0. The van der Waals surface area contributed by atoms with Gasteiger partial charge in [-0.1, -0.05) is 36.9 Å². The van der Waals surface area contributed by atoms with Crippen molar-refractivity contribution < 1.29 is 0 Å². The van der Waals surface area contributed by atoms with Crippen molar-refractivity contribution >= 4 is 0 Å². The minimum absolute atomic E-state index is 0.499. The molecule has 1 aliphatic heterocycles. The molecule has 0 radical (unpaired) electrons. The maximum absolute atomic E-state index is 3.92. The Kier molecular flexibility index (Phi) is 1.65. The van der Waals surface area contributed by atoms with Crippen LogP contribution in [-0.4, -0.2) is 11.4 Å². The molecule has 0 N–H and O–H groups in total. The maximum Gasteiger partial charge on any atom is 0.0576 e. The Morgan fingerprint density at radius 3 is 2.42 bits per heavy atom. The summed E-state index contributed by atoms with van der Waals surface area (Å²) < 4.78 is 0. The molecule has 2 rings (SSSR count). The zero-order valence-corrected chi connectivity index (χ0v) is 7.33. The number of rotatable bonds is 2. The molecule has 1 unspecified atom stereocenters. The first-order valence-corrected chi connectivity index (χ1v) is 4.28. The summed E-state index contributed by atoms with van der Waals surface area (Å²) in [6.07, 6.45) is 0. The van der Waals surface area contributed by atoms with Crippen LogP contribution in [-0.2, 0) is 0 Å². The van der Waals surface area contributed by atoms with Crippen LogP contribution in [0.3, 0.4) is 0 Å². The van der Waals surface area contributed by atoms with E-state index in [0.29, 0.717) is 6.04 Å². The minimum Gasteiger partial charge on any atom is -0.361 e. The largest absolute Gasteiger partial charge is 0.361 e. The molecule has 1 nitrogen and oxygen atoms in total. The highest BCUT2D eigenvalue weighted by Crippen LogP contribution is 2.32. The summed E-state index contributed by atoms with van der Waals surface area (Å²) in [4.78, 5) is 2.30. The van der Waals surface area contributed by atoms with Crippen LogP contribution >= 0.6 is 0 Å². The predicted molar refractivity (Wildman–Crippen MR) is 50.7 cm³/mol. The normalized spacial score (nSPS) is 17.8. The fourth-order valence-electron chi connectivity index (χ4n) is 1.48. The Bertz CT molecular complexity index is 289. The van der Waals surface area contributed by atoms with Crippen LogP contribution in [0, 0.1) is 0 Å². The first kappa shape index (κ1) is 7.41. The average Bonchev–Trinajstić information content (AvgIpc) is 2.83. The van der Waals surface area contributed by atoms with Gasteiger partial charge in [0, 0.05) is 5.70 Å². The molecular weight excluding hydrogens is 146 g/mol. The lowest BCUT2D eigenvalue weighted by molar-refractivity contribution is 0.464.